The third-order valence-electron chi connectivity index (χ3n) is 3.16. The Labute approximate surface area is 114 Å². The molecule has 1 N–H and O–H groups in total. The molecule has 18 heavy (non-hydrogen) atoms. The summed E-state index contributed by atoms with van der Waals surface area (Å²) in [7, 11) is 0. The Morgan fingerprint density at radius 2 is 1.67 bits per heavy atom. The van der Waals surface area contributed by atoms with Crippen molar-refractivity contribution in [2.45, 2.75) is 27.3 Å². The second kappa shape index (κ2) is 5.45. The fourth-order valence-corrected chi connectivity index (χ4v) is 2.07. The summed E-state index contributed by atoms with van der Waals surface area (Å²) in [5, 5.41) is 4.22. The molecule has 0 saturated heterocycles. The standard InChI is InChI=1S/C16H18ClN/c1-11-4-5-12(2)14(8-11)10-18-15-7-6-13(3)16(17)9-15/h4-9,18H,10H2,1-3H3. The molecule has 0 atom stereocenters. The fraction of sp³-hybridized carbons (Fsp3) is 0.250. The van der Waals surface area contributed by atoms with E-state index in [1.165, 1.54) is 16.7 Å². The number of anilines is 1. The average molecular weight is 260 g/mol. The molecular weight excluding hydrogens is 242 g/mol. The minimum Gasteiger partial charge on any atom is -0.381 e. The SMILES string of the molecule is Cc1ccc(C)c(CNc2ccc(C)c(Cl)c2)c1. The third-order valence-corrected chi connectivity index (χ3v) is 3.57. The van der Waals surface area contributed by atoms with E-state index >= 15 is 0 Å². The molecule has 0 fully saturated rings. The first-order valence-electron chi connectivity index (χ1n) is 6.12. The van der Waals surface area contributed by atoms with Crippen LogP contribution in [0.2, 0.25) is 5.02 Å². The molecule has 0 aliphatic carbocycles. The number of benzene rings is 2. The van der Waals surface area contributed by atoms with Crippen LogP contribution in [0.4, 0.5) is 5.69 Å². The second-order valence-corrected chi connectivity index (χ2v) is 5.15. The number of halogens is 1. The minimum atomic E-state index is 0.806. The van der Waals surface area contributed by atoms with E-state index in [4.69, 9.17) is 11.6 Å². The topological polar surface area (TPSA) is 12.0 Å². The highest BCUT2D eigenvalue weighted by Crippen LogP contribution is 2.21. The Balaban J connectivity index is 2.11. The molecule has 2 heteroatoms. The van der Waals surface area contributed by atoms with Gasteiger partial charge in [0.2, 0.25) is 0 Å². The van der Waals surface area contributed by atoms with Gasteiger partial charge in [-0.05, 0) is 49.6 Å². The second-order valence-electron chi connectivity index (χ2n) is 4.75. The maximum Gasteiger partial charge on any atom is 0.0455 e. The van der Waals surface area contributed by atoms with Gasteiger partial charge in [-0.2, -0.15) is 0 Å². The van der Waals surface area contributed by atoms with Gasteiger partial charge in [-0.1, -0.05) is 41.4 Å². The van der Waals surface area contributed by atoms with Gasteiger partial charge in [-0.25, -0.2) is 0 Å². The van der Waals surface area contributed by atoms with Crippen molar-refractivity contribution in [1.29, 1.82) is 0 Å². The molecule has 0 aliphatic rings. The van der Waals surface area contributed by atoms with Crippen molar-refractivity contribution in [3.8, 4) is 0 Å². The highest BCUT2D eigenvalue weighted by molar-refractivity contribution is 6.31. The lowest BCUT2D eigenvalue weighted by atomic mass is 10.1. The fourth-order valence-electron chi connectivity index (χ4n) is 1.89. The van der Waals surface area contributed by atoms with E-state index in [9.17, 15) is 0 Å². The van der Waals surface area contributed by atoms with Crippen LogP contribution >= 0.6 is 11.6 Å². The minimum absolute atomic E-state index is 0.806. The van der Waals surface area contributed by atoms with Gasteiger partial charge in [0.1, 0.15) is 0 Å². The van der Waals surface area contributed by atoms with E-state index in [1.54, 1.807) is 0 Å². The molecule has 0 heterocycles. The van der Waals surface area contributed by atoms with E-state index in [1.807, 2.05) is 19.1 Å². The van der Waals surface area contributed by atoms with Gasteiger partial charge in [-0.15, -0.1) is 0 Å². The van der Waals surface area contributed by atoms with Crippen molar-refractivity contribution in [2.24, 2.45) is 0 Å². The van der Waals surface area contributed by atoms with Gasteiger partial charge < -0.3 is 5.32 Å². The van der Waals surface area contributed by atoms with E-state index < -0.39 is 0 Å². The summed E-state index contributed by atoms with van der Waals surface area (Å²) in [4.78, 5) is 0. The number of aryl methyl sites for hydroxylation is 3. The van der Waals surface area contributed by atoms with Crippen LogP contribution in [0.15, 0.2) is 36.4 Å². The van der Waals surface area contributed by atoms with Gasteiger partial charge in [0, 0.05) is 17.3 Å². The first-order valence-corrected chi connectivity index (χ1v) is 6.50. The summed E-state index contributed by atoms with van der Waals surface area (Å²) in [5.74, 6) is 0. The lowest BCUT2D eigenvalue weighted by molar-refractivity contribution is 1.11. The van der Waals surface area contributed by atoms with Crippen LogP contribution in [0, 0.1) is 20.8 Å². The smallest absolute Gasteiger partial charge is 0.0455 e. The quantitative estimate of drug-likeness (QED) is 0.829. The zero-order valence-electron chi connectivity index (χ0n) is 11.0. The zero-order chi connectivity index (χ0) is 13.1. The highest BCUT2D eigenvalue weighted by Gasteiger charge is 2.01. The number of nitrogens with one attached hydrogen (secondary N) is 1. The summed E-state index contributed by atoms with van der Waals surface area (Å²) in [6.07, 6.45) is 0. The molecular formula is C16H18ClN. The molecule has 0 aromatic heterocycles. The van der Waals surface area contributed by atoms with Crippen molar-refractivity contribution < 1.29 is 0 Å². The summed E-state index contributed by atoms with van der Waals surface area (Å²) in [6, 6.07) is 12.6. The summed E-state index contributed by atoms with van der Waals surface area (Å²) >= 11 is 6.11. The van der Waals surface area contributed by atoms with Gasteiger partial charge in [0.15, 0.2) is 0 Å². The van der Waals surface area contributed by atoms with Crippen molar-refractivity contribution in [3.05, 3.63) is 63.7 Å². The van der Waals surface area contributed by atoms with Gasteiger partial charge >= 0.3 is 0 Å². The van der Waals surface area contributed by atoms with Crippen LogP contribution in [-0.4, -0.2) is 0 Å². The molecule has 1 nitrogen and oxygen atoms in total. The number of hydrogen-bond donors (Lipinski definition) is 1. The Hall–Kier alpha value is -1.47. The highest BCUT2D eigenvalue weighted by atomic mass is 35.5. The largest absolute Gasteiger partial charge is 0.381 e. The summed E-state index contributed by atoms with van der Waals surface area (Å²) < 4.78 is 0. The molecule has 0 saturated carbocycles. The van der Waals surface area contributed by atoms with Crippen molar-refractivity contribution in [3.63, 3.8) is 0 Å². The number of rotatable bonds is 3. The molecule has 2 rings (SSSR count). The molecule has 0 aliphatic heterocycles. The predicted molar refractivity (Wildman–Crippen MR) is 79.4 cm³/mol. The van der Waals surface area contributed by atoms with E-state index in [2.05, 4.69) is 43.4 Å². The first kappa shape index (κ1) is 13.0. The molecule has 0 amide bonds. The third kappa shape index (κ3) is 3.05. The van der Waals surface area contributed by atoms with Crippen molar-refractivity contribution in [2.75, 3.05) is 5.32 Å². The van der Waals surface area contributed by atoms with Crippen LogP contribution in [-0.2, 0) is 6.54 Å². The van der Waals surface area contributed by atoms with Crippen LogP contribution in [0.5, 0.6) is 0 Å². The van der Waals surface area contributed by atoms with Crippen molar-refractivity contribution >= 4 is 17.3 Å². The first-order chi connectivity index (χ1) is 8.56. The molecule has 2 aromatic carbocycles. The maximum absolute atomic E-state index is 6.11. The Kier molecular flexibility index (Phi) is 3.93. The van der Waals surface area contributed by atoms with Crippen LogP contribution < -0.4 is 5.32 Å². The normalized spacial score (nSPS) is 10.4. The van der Waals surface area contributed by atoms with Crippen LogP contribution in [0.1, 0.15) is 22.3 Å². The summed E-state index contributed by atoms with van der Waals surface area (Å²) in [5.41, 5.74) is 6.10. The van der Waals surface area contributed by atoms with Gasteiger partial charge in [-0.3, -0.25) is 0 Å². The average Bonchev–Trinajstić information content (AvgIpc) is 2.34. The lowest BCUT2D eigenvalue weighted by Gasteiger charge is -2.11. The molecule has 2 aromatic rings. The lowest BCUT2D eigenvalue weighted by Crippen LogP contribution is -2.01. The van der Waals surface area contributed by atoms with Crippen molar-refractivity contribution in [1.82, 2.24) is 0 Å². The Bertz CT molecular complexity index is 561. The molecule has 0 spiro atoms. The molecule has 94 valence electrons. The Morgan fingerprint density at radius 1 is 0.944 bits per heavy atom. The molecule has 0 bridgehead atoms. The Morgan fingerprint density at radius 3 is 2.39 bits per heavy atom. The van der Waals surface area contributed by atoms with Crippen LogP contribution in [0.3, 0.4) is 0 Å². The number of hydrogen-bond acceptors (Lipinski definition) is 1. The maximum atomic E-state index is 6.11. The van der Waals surface area contributed by atoms with Gasteiger partial charge in [0.25, 0.3) is 0 Å². The van der Waals surface area contributed by atoms with Crippen LogP contribution in [0.25, 0.3) is 0 Å². The predicted octanol–water partition coefficient (Wildman–Crippen LogP) is 4.88. The van der Waals surface area contributed by atoms with E-state index in [-0.39, 0.29) is 0 Å². The van der Waals surface area contributed by atoms with E-state index in [0.29, 0.717) is 0 Å². The molecule has 0 radical (unpaired) electrons. The van der Waals surface area contributed by atoms with E-state index in [0.717, 1.165) is 22.8 Å². The summed E-state index contributed by atoms with van der Waals surface area (Å²) in [6.45, 7) is 7.09. The van der Waals surface area contributed by atoms with Gasteiger partial charge in [0.05, 0.1) is 0 Å². The zero-order valence-corrected chi connectivity index (χ0v) is 11.8. The monoisotopic (exact) mass is 259 g/mol. The molecule has 0 unspecified atom stereocenters.